The van der Waals surface area contributed by atoms with Crippen LogP contribution in [0.3, 0.4) is 0 Å². The van der Waals surface area contributed by atoms with Crippen LogP contribution in [0.4, 0.5) is 0 Å². The van der Waals surface area contributed by atoms with Gasteiger partial charge in [0.25, 0.3) is 0 Å². The molecule has 1 aliphatic rings. The Labute approximate surface area is 59.5 Å². The number of nitrogens with one attached hydrogen (secondary N) is 1. The molecule has 1 heterocycles. The molecule has 0 radical (unpaired) electrons. The van der Waals surface area contributed by atoms with Gasteiger partial charge in [0, 0.05) is 0 Å². The molecular weight excluding hydrogens is 130 g/mol. The largest absolute Gasteiger partial charge is 0.384 e. The van der Waals surface area contributed by atoms with Crippen molar-refractivity contribution in [2.75, 3.05) is 0 Å². The highest BCUT2D eigenvalue weighted by Crippen LogP contribution is 2.17. The van der Waals surface area contributed by atoms with Crippen molar-refractivity contribution >= 4 is 11.7 Å². The zero-order valence-corrected chi connectivity index (χ0v) is 6.09. The van der Waals surface area contributed by atoms with Crippen molar-refractivity contribution in [1.29, 1.82) is 5.41 Å². The second-order valence-corrected chi connectivity index (χ2v) is 2.69. The minimum Gasteiger partial charge on any atom is -0.384 e. The van der Waals surface area contributed by atoms with Gasteiger partial charge in [0.15, 0.2) is 5.84 Å². The van der Waals surface area contributed by atoms with E-state index in [4.69, 9.17) is 11.1 Å². The van der Waals surface area contributed by atoms with Crippen molar-refractivity contribution in [3.8, 4) is 0 Å². The van der Waals surface area contributed by atoms with Gasteiger partial charge in [0.1, 0.15) is 5.92 Å². The lowest BCUT2D eigenvalue weighted by Crippen LogP contribution is -2.29. The Morgan fingerprint density at radius 2 is 2.30 bits per heavy atom. The highest BCUT2D eigenvalue weighted by molar-refractivity contribution is 6.04. The van der Waals surface area contributed by atoms with Crippen LogP contribution in [0.15, 0.2) is 5.16 Å². The third-order valence-corrected chi connectivity index (χ3v) is 1.52. The molecule has 0 saturated heterocycles. The lowest BCUT2D eigenvalue weighted by Gasteiger charge is -2.10. The maximum absolute atomic E-state index is 7.25. The first-order valence-electron chi connectivity index (χ1n) is 3.21. The zero-order valence-electron chi connectivity index (χ0n) is 6.09. The molecule has 0 aromatic carbocycles. The molecule has 1 aliphatic heterocycles. The molecule has 4 heteroatoms. The number of nitrogens with zero attached hydrogens (tertiary/aromatic N) is 1. The maximum atomic E-state index is 7.25. The molecule has 0 saturated carbocycles. The Morgan fingerprint density at radius 3 is 2.50 bits per heavy atom. The van der Waals surface area contributed by atoms with Crippen molar-refractivity contribution in [2.45, 2.75) is 13.8 Å². The average molecular weight is 141 g/mol. The first-order valence-corrected chi connectivity index (χ1v) is 3.21. The van der Waals surface area contributed by atoms with E-state index in [1.165, 1.54) is 0 Å². The summed E-state index contributed by atoms with van der Waals surface area (Å²) in [6.07, 6.45) is 0. The summed E-state index contributed by atoms with van der Waals surface area (Å²) in [6, 6.07) is 0. The Morgan fingerprint density at radius 1 is 1.70 bits per heavy atom. The molecule has 0 fully saturated rings. The van der Waals surface area contributed by atoms with E-state index in [0.29, 0.717) is 11.8 Å². The second kappa shape index (κ2) is 2.28. The smallest absolute Gasteiger partial charge is 0.228 e. The number of nitrogens with two attached hydrogens (primary N) is 1. The predicted molar refractivity (Wildman–Crippen MR) is 38.8 cm³/mol. The second-order valence-electron chi connectivity index (χ2n) is 2.69. The van der Waals surface area contributed by atoms with Crippen LogP contribution in [-0.4, -0.2) is 11.7 Å². The van der Waals surface area contributed by atoms with Crippen LogP contribution in [0.2, 0.25) is 0 Å². The van der Waals surface area contributed by atoms with Gasteiger partial charge in [-0.25, -0.2) is 0 Å². The minimum atomic E-state index is -0.111. The number of amidine groups is 1. The Hall–Kier alpha value is -1.06. The highest BCUT2D eigenvalue weighted by atomic mass is 16.6. The Kier molecular flexibility index (Phi) is 1.61. The van der Waals surface area contributed by atoms with Crippen molar-refractivity contribution in [3.05, 3.63) is 0 Å². The normalized spacial score (nSPS) is 24.9. The standard InChI is InChI=1S/C6H11N3O/c1-3(2)4-5(7)9-10-6(4)8/h3-4,8H,1-2H3,(H2,7,9). The van der Waals surface area contributed by atoms with E-state index in [2.05, 4.69) is 9.99 Å². The van der Waals surface area contributed by atoms with Crippen molar-refractivity contribution in [1.82, 2.24) is 0 Å². The highest BCUT2D eigenvalue weighted by Gasteiger charge is 2.30. The fourth-order valence-electron chi connectivity index (χ4n) is 0.994. The Bertz CT molecular complexity index is 185. The van der Waals surface area contributed by atoms with E-state index < -0.39 is 0 Å². The predicted octanol–water partition coefficient (Wildman–Crippen LogP) is 0.538. The molecular formula is C6H11N3O. The molecule has 4 nitrogen and oxygen atoms in total. The quantitative estimate of drug-likeness (QED) is 0.559. The van der Waals surface area contributed by atoms with Crippen LogP contribution in [0.5, 0.6) is 0 Å². The molecule has 0 aliphatic carbocycles. The molecule has 10 heavy (non-hydrogen) atoms. The van der Waals surface area contributed by atoms with Crippen LogP contribution in [-0.2, 0) is 4.84 Å². The van der Waals surface area contributed by atoms with Crippen molar-refractivity contribution in [3.63, 3.8) is 0 Å². The molecule has 0 bridgehead atoms. The van der Waals surface area contributed by atoms with Crippen LogP contribution < -0.4 is 5.73 Å². The van der Waals surface area contributed by atoms with Gasteiger partial charge in [-0.3, -0.25) is 5.41 Å². The molecule has 0 amide bonds. The summed E-state index contributed by atoms with van der Waals surface area (Å²) >= 11 is 0. The van der Waals surface area contributed by atoms with Gasteiger partial charge < -0.3 is 10.6 Å². The summed E-state index contributed by atoms with van der Waals surface area (Å²) in [5, 5.41) is 10.7. The van der Waals surface area contributed by atoms with Gasteiger partial charge in [0.05, 0.1) is 0 Å². The van der Waals surface area contributed by atoms with Crippen LogP contribution in [0.25, 0.3) is 0 Å². The SMILES string of the molecule is CC(C)C1C(=N)ON=C1N. The first kappa shape index (κ1) is 7.05. The summed E-state index contributed by atoms with van der Waals surface area (Å²) in [4.78, 5) is 4.59. The van der Waals surface area contributed by atoms with Gasteiger partial charge in [-0.15, -0.1) is 0 Å². The molecule has 56 valence electrons. The van der Waals surface area contributed by atoms with E-state index in [1.54, 1.807) is 0 Å². The summed E-state index contributed by atoms with van der Waals surface area (Å²) in [7, 11) is 0. The Balaban J connectivity index is 2.74. The average Bonchev–Trinajstić information content (AvgIpc) is 2.11. The first-order chi connectivity index (χ1) is 4.63. The third kappa shape index (κ3) is 0.964. The van der Waals surface area contributed by atoms with Crippen LogP contribution in [0, 0.1) is 17.2 Å². The molecule has 0 spiro atoms. The van der Waals surface area contributed by atoms with Crippen molar-refractivity contribution < 1.29 is 4.84 Å². The summed E-state index contributed by atoms with van der Waals surface area (Å²) in [6.45, 7) is 3.96. The fourth-order valence-corrected chi connectivity index (χ4v) is 0.994. The summed E-state index contributed by atoms with van der Waals surface area (Å²) in [5.74, 6) is 0.756. The van der Waals surface area contributed by atoms with Gasteiger partial charge in [-0.05, 0) is 5.92 Å². The molecule has 1 rings (SSSR count). The molecule has 3 N–H and O–H groups in total. The summed E-state index contributed by atoms with van der Waals surface area (Å²) < 4.78 is 0. The van der Waals surface area contributed by atoms with Crippen molar-refractivity contribution in [2.24, 2.45) is 22.7 Å². The van der Waals surface area contributed by atoms with Crippen LogP contribution >= 0.6 is 0 Å². The monoisotopic (exact) mass is 141 g/mol. The van der Waals surface area contributed by atoms with E-state index in [-0.39, 0.29) is 11.8 Å². The topological polar surface area (TPSA) is 71.5 Å². The molecule has 1 unspecified atom stereocenters. The number of hydrogen-bond donors (Lipinski definition) is 2. The van der Waals surface area contributed by atoms with Crippen LogP contribution in [0.1, 0.15) is 13.8 Å². The number of oxime groups is 1. The molecule has 1 atom stereocenters. The zero-order chi connectivity index (χ0) is 7.72. The number of hydrogen-bond acceptors (Lipinski definition) is 4. The lowest BCUT2D eigenvalue weighted by atomic mass is 9.95. The van der Waals surface area contributed by atoms with Gasteiger partial charge >= 0.3 is 0 Å². The third-order valence-electron chi connectivity index (χ3n) is 1.52. The lowest BCUT2D eigenvalue weighted by molar-refractivity contribution is 0.324. The minimum absolute atomic E-state index is 0.111. The molecule has 0 aromatic rings. The number of rotatable bonds is 1. The van der Waals surface area contributed by atoms with Gasteiger partial charge in [-0.1, -0.05) is 19.0 Å². The van der Waals surface area contributed by atoms with E-state index in [9.17, 15) is 0 Å². The van der Waals surface area contributed by atoms with E-state index >= 15 is 0 Å². The summed E-state index contributed by atoms with van der Waals surface area (Å²) in [5.41, 5.74) is 5.45. The van der Waals surface area contributed by atoms with Gasteiger partial charge in [-0.2, -0.15) is 0 Å². The van der Waals surface area contributed by atoms with E-state index in [0.717, 1.165) is 0 Å². The van der Waals surface area contributed by atoms with Gasteiger partial charge in [0.2, 0.25) is 5.90 Å². The molecule has 0 aromatic heterocycles. The fraction of sp³-hybridized carbons (Fsp3) is 0.667. The van der Waals surface area contributed by atoms with E-state index in [1.807, 2.05) is 13.8 Å². The maximum Gasteiger partial charge on any atom is 0.228 e.